The zero-order chi connectivity index (χ0) is 23.4. The smallest absolute Gasteiger partial charge is 0.269 e. The van der Waals surface area contributed by atoms with Crippen LogP contribution in [0.4, 0.5) is 0 Å². The number of nitriles is 1. The third kappa shape index (κ3) is 4.80. The van der Waals surface area contributed by atoms with E-state index in [1.54, 1.807) is 30.5 Å². The standard InChI is InChI=1S/C26H26N4O3/c1-17-9-8-12-22(18(17)2)33-25-21(26(32)30-14-7-6-13-23(30)29-25)15-19(16-27)24(31)28-20-10-4-3-5-11-20/h6-9,12-15,20H,3-5,10-11H2,1-2H3,(H,28,31). The SMILES string of the molecule is Cc1cccc(Oc2nc3ccccn3c(=O)c2C=C(C#N)C(=O)NC2CCCCC2)c1C. The van der Waals surface area contributed by atoms with Crippen LogP contribution in [-0.2, 0) is 4.79 Å². The first-order valence-corrected chi connectivity index (χ1v) is 11.2. The van der Waals surface area contributed by atoms with Gasteiger partial charge in [0.2, 0.25) is 5.88 Å². The Morgan fingerprint density at radius 3 is 2.73 bits per heavy atom. The van der Waals surface area contributed by atoms with Gasteiger partial charge in [0.05, 0.1) is 0 Å². The molecule has 0 atom stereocenters. The lowest BCUT2D eigenvalue weighted by Crippen LogP contribution is -2.36. The third-order valence-corrected chi connectivity index (χ3v) is 6.09. The highest BCUT2D eigenvalue weighted by Gasteiger charge is 2.21. The first-order chi connectivity index (χ1) is 16.0. The number of ether oxygens (including phenoxy) is 1. The number of amides is 1. The molecule has 1 amide bonds. The minimum absolute atomic E-state index is 0.0458. The Labute approximate surface area is 192 Å². The fourth-order valence-electron chi connectivity index (χ4n) is 4.03. The van der Waals surface area contributed by atoms with Crippen molar-refractivity contribution in [3.05, 3.63) is 75.2 Å². The van der Waals surface area contributed by atoms with Crippen LogP contribution in [0.5, 0.6) is 11.6 Å². The van der Waals surface area contributed by atoms with Crippen LogP contribution in [0.1, 0.15) is 48.8 Å². The van der Waals surface area contributed by atoms with Gasteiger partial charge in [0.25, 0.3) is 11.5 Å². The van der Waals surface area contributed by atoms with Gasteiger partial charge in [-0.25, -0.2) is 0 Å². The van der Waals surface area contributed by atoms with Crippen molar-refractivity contribution in [2.75, 3.05) is 0 Å². The molecule has 0 saturated heterocycles. The molecule has 1 saturated carbocycles. The average Bonchev–Trinajstić information content (AvgIpc) is 2.82. The van der Waals surface area contributed by atoms with Gasteiger partial charge in [-0.05, 0) is 62.1 Å². The molecule has 7 heteroatoms. The van der Waals surface area contributed by atoms with Crippen molar-refractivity contribution in [2.24, 2.45) is 0 Å². The predicted molar refractivity (Wildman–Crippen MR) is 126 cm³/mol. The van der Waals surface area contributed by atoms with E-state index in [4.69, 9.17) is 4.74 Å². The maximum atomic E-state index is 13.3. The molecule has 33 heavy (non-hydrogen) atoms. The lowest BCUT2D eigenvalue weighted by atomic mass is 9.95. The summed E-state index contributed by atoms with van der Waals surface area (Å²) in [7, 11) is 0. The van der Waals surface area contributed by atoms with Crippen LogP contribution in [0, 0.1) is 25.2 Å². The van der Waals surface area contributed by atoms with Gasteiger partial charge >= 0.3 is 0 Å². The normalized spacial score (nSPS) is 14.6. The fraction of sp³-hybridized carbons (Fsp3) is 0.308. The molecule has 0 aliphatic heterocycles. The monoisotopic (exact) mass is 442 g/mol. The summed E-state index contributed by atoms with van der Waals surface area (Å²) < 4.78 is 7.45. The van der Waals surface area contributed by atoms with E-state index in [2.05, 4.69) is 10.3 Å². The Morgan fingerprint density at radius 2 is 1.97 bits per heavy atom. The molecular weight excluding hydrogens is 416 g/mol. The molecule has 1 aromatic carbocycles. The van der Waals surface area contributed by atoms with Gasteiger partial charge in [0, 0.05) is 12.2 Å². The first kappa shape index (κ1) is 22.3. The van der Waals surface area contributed by atoms with Crippen LogP contribution in [0.15, 0.2) is 53.0 Å². The number of hydrogen-bond donors (Lipinski definition) is 1. The van der Waals surface area contributed by atoms with Crippen molar-refractivity contribution in [3.8, 4) is 17.7 Å². The summed E-state index contributed by atoms with van der Waals surface area (Å²) >= 11 is 0. The van der Waals surface area contributed by atoms with E-state index in [-0.39, 0.29) is 23.1 Å². The second-order valence-electron chi connectivity index (χ2n) is 8.34. The summed E-state index contributed by atoms with van der Waals surface area (Å²) in [5, 5.41) is 12.6. The highest BCUT2D eigenvalue weighted by atomic mass is 16.5. The highest BCUT2D eigenvalue weighted by Crippen LogP contribution is 2.28. The van der Waals surface area contributed by atoms with Gasteiger partial charge in [0.1, 0.15) is 28.6 Å². The number of fused-ring (bicyclic) bond motifs is 1. The molecule has 1 aliphatic carbocycles. The largest absolute Gasteiger partial charge is 0.438 e. The van der Waals surface area contributed by atoms with Crippen LogP contribution < -0.4 is 15.6 Å². The Balaban J connectivity index is 1.79. The Hall–Kier alpha value is -3.92. The summed E-state index contributed by atoms with van der Waals surface area (Å²) in [4.78, 5) is 30.7. The fourth-order valence-corrected chi connectivity index (χ4v) is 4.03. The topological polar surface area (TPSA) is 96.5 Å². The van der Waals surface area contributed by atoms with Gasteiger partial charge in [-0.1, -0.05) is 37.5 Å². The molecule has 7 nitrogen and oxygen atoms in total. The van der Waals surface area contributed by atoms with E-state index >= 15 is 0 Å². The number of pyridine rings is 1. The second-order valence-corrected chi connectivity index (χ2v) is 8.34. The number of hydrogen-bond acceptors (Lipinski definition) is 5. The number of nitrogens with one attached hydrogen (secondary N) is 1. The summed E-state index contributed by atoms with van der Waals surface area (Å²) in [5.41, 5.74) is 1.84. The van der Waals surface area contributed by atoms with Gasteiger partial charge < -0.3 is 10.1 Å². The summed E-state index contributed by atoms with van der Waals surface area (Å²) in [6, 6.07) is 12.8. The van der Waals surface area contributed by atoms with E-state index in [1.165, 1.54) is 10.5 Å². The maximum Gasteiger partial charge on any atom is 0.269 e. The number of carbonyl (C=O) groups excluding carboxylic acids is 1. The molecule has 0 spiro atoms. The molecule has 1 aliphatic rings. The van der Waals surface area contributed by atoms with Crippen LogP contribution >= 0.6 is 0 Å². The Kier molecular flexibility index (Phi) is 6.55. The van der Waals surface area contributed by atoms with E-state index in [1.807, 2.05) is 32.0 Å². The summed E-state index contributed by atoms with van der Waals surface area (Å²) in [5.74, 6) is 0.125. The van der Waals surface area contributed by atoms with Gasteiger partial charge in [-0.15, -0.1) is 0 Å². The van der Waals surface area contributed by atoms with Crippen LogP contribution in [-0.4, -0.2) is 21.3 Å². The first-order valence-electron chi connectivity index (χ1n) is 11.2. The van der Waals surface area contributed by atoms with Crippen molar-refractivity contribution in [2.45, 2.75) is 52.0 Å². The number of aryl methyl sites for hydroxylation is 1. The summed E-state index contributed by atoms with van der Waals surface area (Å²) in [6.07, 6.45) is 7.94. The number of rotatable bonds is 5. The molecule has 168 valence electrons. The zero-order valence-corrected chi connectivity index (χ0v) is 18.8. The molecule has 0 bridgehead atoms. The number of nitrogens with zero attached hydrogens (tertiary/aromatic N) is 3. The second kappa shape index (κ2) is 9.70. The molecule has 1 fully saturated rings. The van der Waals surface area contributed by atoms with Crippen LogP contribution in [0.2, 0.25) is 0 Å². The zero-order valence-electron chi connectivity index (χ0n) is 18.8. The van der Waals surface area contributed by atoms with Gasteiger partial charge in [-0.3, -0.25) is 14.0 Å². The number of benzene rings is 1. The van der Waals surface area contributed by atoms with Crippen LogP contribution in [0.3, 0.4) is 0 Å². The van der Waals surface area contributed by atoms with Crippen LogP contribution in [0.25, 0.3) is 11.7 Å². The summed E-state index contributed by atoms with van der Waals surface area (Å²) in [6.45, 7) is 3.89. The van der Waals surface area contributed by atoms with Gasteiger partial charge in [-0.2, -0.15) is 10.2 Å². The van der Waals surface area contributed by atoms with E-state index in [9.17, 15) is 14.9 Å². The molecule has 4 rings (SSSR count). The van der Waals surface area contributed by atoms with E-state index in [0.717, 1.165) is 43.2 Å². The Bertz CT molecular complexity index is 1330. The molecule has 2 heterocycles. The number of aromatic nitrogens is 2. The van der Waals surface area contributed by atoms with E-state index < -0.39 is 11.5 Å². The number of carbonyl (C=O) groups is 1. The molecule has 3 aromatic rings. The highest BCUT2D eigenvalue weighted by molar-refractivity contribution is 6.02. The molecule has 0 radical (unpaired) electrons. The minimum atomic E-state index is -0.486. The Morgan fingerprint density at radius 1 is 1.18 bits per heavy atom. The molecular formula is C26H26N4O3. The quantitative estimate of drug-likeness (QED) is 0.465. The molecule has 1 N–H and O–H groups in total. The maximum absolute atomic E-state index is 13.3. The molecule has 0 unspecified atom stereocenters. The van der Waals surface area contributed by atoms with Crippen molar-refractivity contribution in [3.63, 3.8) is 0 Å². The lowest BCUT2D eigenvalue weighted by Gasteiger charge is -2.22. The predicted octanol–water partition coefficient (Wildman–Crippen LogP) is 4.46. The van der Waals surface area contributed by atoms with Crippen molar-refractivity contribution in [1.82, 2.24) is 14.7 Å². The van der Waals surface area contributed by atoms with Gasteiger partial charge in [0.15, 0.2) is 0 Å². The van der Waals surface area contributed by atoms with Crippen molar-refractivity contribution in [1.29, 1.82) is 5.26 Å². The average molecular weight is 443 g/mol. The lowest BCUT2D eigenvalue weighted by molar-refractivity contribution is -0.117. The van der Waals surface area contributed by atoms with Crippen molar-refractivity contribution >= 4 is 17.6 Å². The minimum Gasteiger partial charge on any atom is -0.438 e. The van der Waals surface area contributed by atoms with Crippen molar-refractivity contribution < 1.29 is 9.53 Å². The third-order valence-electron chi connectivity index (χ3n) is 6.09. The molecule has 2 aromatic heterocycles. The van der Waals surface area contributed by atoms with E-state index in [0.29, 0.717) is 11.4 Å².